The third-order valence-electron chi connectivity index (χ3n) is 1.93. The van der Waals surface area contributed by atoms with E-state index in [9.17, 15) is 4.39 Å². The topological polar surface area (TPSA) is 24.9 Å². The Morgan fingerprint density at radius 3 is 2.69 bits per heavy atom. The molecule has 0 saturated heterocycles. The van der Waals surface area contributed by atoms with Crippen LogP contribution in [0.4, 0.5) is 15.8 Å². The lowest BCUT2D eigenvalue weighted by Gasteiger charge is -2.08. The van der Waals surface area contributed by atoms with E-state index in [0.29, 0.717) is 5.69 Å². The SMILES string of the molecule is Fc1cc(Nc2cc(Br)ccc2Br)ccn1. The highest BCUT2D eigenvalue weighted by Crippen LogP contribution is 2.28. The van der Waals surface area contributed by atoms with Crippen LogP contribution in [0.15, 0.2) is 45.5 Å². The van der Waals surface area contributed by atoms with Gasteiger partial charge >= 0.3 is 0 Å². The van der Waals surface area contributed by atoms with Gasteiger partial charge < -0.3 is 5.32 Å². The molecule has 1 aromatic carbocycles. The van der Waals surface area contributed by atoms with Gasteiger partial charge in [0.25, 0.3) is 0 Å². The van der Waals surface area contributed by atoms with Crippen LogP contribution in [0.1, 0.15) is 0 Å². The molecule has 0 aliphatic carbocycles. The summed E-state index contributed by atoms with van der Waals surface area (Å²) in [5.41, 5.74) is 1.52. The molecule has 2 nitrogen and oxygen atoms in total. The first kappa shape index (κ1) is 11.5. The van der Waals surface area contributed by atoms with Gasteiger partial charge in [-0.1, -0.05) is 15.9 Å². The van der Waals surface area contributed by atoms with Crippen LogP contribution >= 0.6 is 31.9 Å². The van der Waals surface area contributed by atoms with Crippen molar-refractivity contribution < 1.29 is 4.39 Å². The van der Waals surface area contributed by atoms with E-state index in [1.807, 2.05) is 18.2 Å². The zero-order chi connectivity index (χ0) is 11.5. The molecule has 5 heteroatoms. The predicted octanol–water partition coefficient (Wildman–Crippen LogP) is 4.49. The number of benzene rings is 1. The average Bonchev–Trinajstić information content (AvgIpc) is 2.24. The van der Waals surface area contributed by atoms with Crippen LogP contribution in [-0.2, 0) is 0 Å². The summed E-state index contributed by atoms with van der Waals surface area (Å²) in [7, 11) is 0. The first-order valence-electron chi connectivity index (χ1n) is 4.49. The van der Waals surface area contributed by atoms with Crippen LogP contribution < -0.4 is 5.32 Å². The van der Waals surface area contributed by atoms with Crippen molar-refractivity contribution in [3.63, 3.8) is 0 Å². The highest BCUT2D eigenvalue weighted by Gasteiger charge is 2.02. The molecule has 1 N–H and O–H groups in total. The van der Waals surface area contributed by atoms with E-state index >= 15 is 0 Å². The van der Waals surface area contributed by atoms with E-state index in [4.69, 9.17) is 0 Å². The molecule has 0 unspecified atom stereocenters. The minimum absolute atomic E-state index is 0.504. The average molecular weight is 346 g/mol. The number of hydrogen-bond acceptors (Lipinski definition) is 2. The summed E-state index contributed by atoms with van der Waals surface area (Å²) in [6.45, 7) is 0. The second-order valence-electron chi connectivity index (χ2n) is 3.12. The van der Waals surface area contributed by atoms with Crippen molar-refractivity contribution in [1.29, 1.82) is 0 Å². The summed E-state index contributed by atoms with van der Waals surface area (Å²) in [6, 6.07) is 8.78. The maximum Gasteiger partial charge on any atom is 0.214 e. The number of nitrogens with one attached hydrogen (secondary N) is 1. The van der Waals surface area contributed by atoms with E-state index in [1.54, 1.807) is 6.07 Å². The monoisotopic (exact) mass is 344 g/mol. The van der Waals surface area contributed by atoms with E-state index in [2.05, 4.69) is 42.2 Å². The van der Waals surface area contributed by atoms with Gasteiger partial charge in [-0.3, -0.25) is 0 Å². The number of anilines is 2. The Balaban J connectivity index is 2.30. The van der Waals surface area contributed by atoms with Crippen molar-refractivity contribution in [2.75, 3.05) is 5.32 Å². The van der Waals surface area contributed by atoms with Crippen molar-refractivity contribution in [2.24, 2.45) is 0 Å². The number of rotatable bonds is 2. The van der Waals surface area contributed by atoms with Gasteiger partial charge in [0, 0.05) is 26.9 Å². The summed E-state index contributed by atoms with van der Waals surface area (Å²) < 4.78 is 14.7. The Bertz CT molecular complexity index is 517. The molecule has 1 aromatic heterocycles. The summed E-state index contributed by atoms with van der Waals surface area (Å²) >= 11 is 6.79. The molecule has 0 aliphatic rings. The Morgan fingerprint density at radius 1 is 1.12 bits per heavy atom. The van der Waals surface area contributed by atoms with Crippen molar-refractivity contribution in [2.45, 2.75) is 0 Å². The van der Waals surface area contributed by atoms with Gasteiger partial charge in [0.05, 0.1) is 5.69 Å². The molecule has 82 valence electrons. The van der Waals surface area contributed by atoms with Gasteiger partial charge in [-0.05, 0) is 40.2 Å². The maximum atomic E-state index is 12.9. The molecule has 0 radical (unpaired) electrons. The second kappa shape index (κ2) is 4.93. The molecule has 0 aliphatic heterocycles. The maximum absolute atomic E-state index is 12.9. The Kier molecular flexibility index (Phi) is 3.56. The van der Waals surface area contributed by atoms with Crippen molar-refractivity contribution in [3.8, 4) is 0 Å². The fourth-order valence-corrected chi connectivity index (χ4v) is 1.94. The van der Waals surface area contributed by atoms with Crippen LogP contribution in [0.5, 0.6) is 0 Å². The van der Waals surface area contributed by atoms with Gasteiger partial charge in [0.15, 0.2) is 0 Å². The molecular weight excluding hydrogens is 339 g/mol. The zero-order valence-corrected chi connectivity index (χ0v) is 11.2. The smallest absolute Gasteiger partial charge is 0.214 e. The first-order valence-corrected chi connectivity index (χ1v) is 6.07. The fourth-order valence-electron chi connectivity index (χ4n) is 1.23. The largest absolute Gasteiger partial charge is 0.354 e. The predicted molar refractivity (Wildman–Crippen MR) is 69.3 cm³/mol. The molecule has 0 bridgehead atoms. The Hall–Kier alpha value is -0.940. The molecule has 1 heterocycles. The van der Waals surface area contributed by atoms with E-state index < -0.39 is 5.95 Å². The van der Waals surface area contributed by atoms with Crippen molar-refractivity contribution in [3.05, 3.63) is 51.4 Å². The molecular formula is C11H7Br2FN2. The summed E-state index contributed by atoms with van der Waals surface area (Å²) in [5, 5.41) is 3.10. The molecule has 0 fully saturated rings. The molecule has 0 atom stereocenters. The lowest BCUT2D eigenvalue weighted by molar-refractivity contribution is 0.584. The molecule has 0 amide bonds. The molecule has 0 saturated carbocycles. The van der Waals surface area contributed by atoms with Crippen LogP contribution in [0.3, 0.4) is 0 Å². The molecule has 2 aromatic rings. The Labute approximate surface area is 109 Å². The lowest BCUT2D eigenvalue weighted by Crippen LogP contribution is -1.93. The first-order chi connectivity index (χ1) is 7.65. The van der Waals surface area contributed by atoms with Crippen molar-refractivity contribution in [1.82, 2.24) is 4.98 Å². The summed E-state index contributed by atoms with van der Waals surface area (Å²) in [4.78, 5) is 3.49. The van der Waals surface area contributed by atoms with Crippen LogP contribution in [0.25, 0.3) is 0 Å². The molecule has 16 heavy (non-hydrogen) atoms. The quantitative estimate of drug-likeness (QED) is 0.811. The number of pyridine rings is 1. The fraction of sp³-hybridized carbons (Fsp3) is 0. The number of hydrogen-bond donors (Lipinski definition) is 1. The minimum atomic E-state index is -0.504. The third-order valence-corrected chi connectivity index (χ3v) is 3.12. The van der Waals surface area contributed by atoms with Crippen molar-refractivity contribution >= 4 is 43.2 Å². The van der Waals surface area contributed by atoms with Crippen LogP contribution in [0.2, 0.25) is 0 Å². The number of aromatic nitrogens is 1. The van der Waals surface area contributed by atoms with Crippen LogP contribution in [-0.4, -0.2) is 4.98 Å². The molecule has 2 rings (SSSR count). The minimum Gasteiger partial charge on any atom is -0.354 e. The summed E-state index contributed by atoms with van der Waals surface area (Å²) in [6.07, 6.45) is 1.42. The number of halogens is 3. The van der Waals surface area contributed by atoms with E-state index in [0.717, 1.165) is 14.6 Å². The third kappa shape index (κ3) is 2.80. The van der Waals surface area contributed by atoms with Gasteiger partial charge in [0.1, 0.15) is 0 Å². The van der Waals surface area contributed by atoms with Crippen LogP contribution in [0, 0.1) is 5.95 Å². The summed E-state index contributed by atoms with van der Waals surface area (Å²) in [5.74, 6) is -0.504. The van der Waals surface area contributed by atoms with Gasteiger partial charge in [0.2, 0.25) is 5.95 Å². The van der Waals surface area contributed by atoms with E-state index in [-0.39, 0.29) is 0 Å². The Morgan fingerprint density at radius 2 is 1.94 bits per heavy atom. The highest BCUT2D eigenvalue weighted by molar-refractivity contribution is 9.11. The van der Waals surface area contributed by atoms with Gasteiger partial charge in [-0.15, -0.1) is 0 Å². The normalized spacial score (nSPS) is 10.2. The zero-order valence-electron chi connectivity index (χ0n) is 8.05. The molecule has 0 spiro atoms. The van der Waals surface area contributed by atoms with E-state index in [1.165, 1.54) is 12.3 Å². The number of nitrogens with zero attached hydrogens (tertiary/aromatic N) is 1. The van der Waals surface area contributed by atoms with Gasteiger partial charge in [-0.2, -0.15) is 4.39 Å². The highest BCUT2D eigenvalue weighted by atomic mass is 79.9. The lowest BCUT2D eigenvalue weighted by atomic mass is 10.3. The second-order valence-corrected chi connectivity index (χ2v) is 4.89. The standard InChI is InChI=1S/C11H7Br2FN2/c12-7-1-2-9(13)10(5-7)16-8-3-4-15-11(14)6-8/h1-6H,(H,15,16). The van der Waals surface area contributed by atoms with Gasteiger partial charge in [-0.25, -0.2) is 4.98 Å².